The summed E-state index contributed by atoms with van der Waals surface area (Å²) in [5, 5.41) is 0. The Morgan fingerprint density at radius 2 is 1.32 bits per heavy atom. The Hall–Kier alpha value is -3.62. The highest BCUT2D eigenvalue weighted by Crippen LogP contribution is 2.38. The summed E-state index contributed by atoms with van der Waals surface area (Å²) in [5.41, 5.74) is 1.40. The van der Waals surface area contributed by atoms with E-state index in [-0.39, 0.29) is 11.8 Å². The molecule has 3 rings (SSSR count). The summed E-state index contributed by atoms with van der Waals surface area (Å²) in [6.45, 7) is 1.89. The molecule has 1 aliphatic heterocycles. The van der Waals surface area contributed by atoms with Crippen molar-refractivity contribution in [2.75, 3.05) is 61.7 Å². The number of carbonyl (C=O) groups is 2. The number of rotatable bonds is 9. The molecule has 1 saturated heterocycles. The first-order valence-corrected chi connectivity index (χ1v) is 11.0. The standard InChI is InChI=1S/C25H32N2O7/c1-30-18-7-8-19(20(16-18)31-2)25(29)27-12-10-26(11-13-27)23(28)9-6-17-14-21(32-3)24(34-5)22(15-17)33-4/h7-8,14-16H,6,9-13H2,1-5H3. The first-order valence-electron chi connectivity index (χ1n) is 11.0. The number of hydrogen-bond donors (Lipinski definition) is 0. The van der Waals surface area contributed by atoms with E-state index in [4.69, 9.17) is 23.7 Å². The first kappa shape index (κ1) is 25.0. The number of hydrogen-bond acceptors (Lipinski definition) is 7. The Labute approximate surface area is 200 Å². The van der Waals surface area contributed by atoms with E-state index in [9.17, 15) is 9.59 Å². The van der Waals surface area contributed by atoms with Crippen LogP contribution in [0.5, 0.6) is 28.7 Å². The second-order valence-electron chi connectivity index (χ2n) is 7.77. The molecule has 34 heavy (non-hydrogen) atoms. The van der Waals surface area contributed by atoms with Crippen molar-refractivity contribution >= 4 is 11.8 Å². The van der Waals surface area contributed by atoms with Gasteiger partial charge in [-0.15, -0.1) is 0 Å². The number of methoxy groups -OCH3 is 5. The van der Waals surface area contributed by atoms with E-state index in [1.54, 1.807) is 56.4 Å². The Morgan fingerprint density at radius 1 is 0.735 bits per heavy atom. The third-order valence-corrected chi connectivity index (χ3v) is 5.91. The minimum atomic E-state index is -0.121. The number of amides is 2. The van der Waals surface area contributed by atoms with E-state index >= 15 is 0 Å². The molecule has 184 valence electrons. The van der Waals surface area contributed by atoms with E-state index in [2.05, 4.69) is 0 Å². The molecule has 0 unspecified atom stereocenters. The van der Waals surface area contributed by atoms with Crippen molar-refractivity contribution in [2.45, 2.75) is 12.8 Å². The normalized spacial score (nSPS) is 13.3. The quantitative estimate of drug-likeness (QED) is 0.555. The minimum absolute atomic E-state index is 0.0443. The molecule has 0 spiro atoms. The van der Waals surface area contributed by atoms with Crippen molar-refractivity contribution in [2.24, 2.45) is 0 Å². The van der Waals surface area contributed by atoms with Crippen LogP contribution in [0.1, 0.15) is 22.3 Å². The topological polar surface area (TPSA) is 86.8 Å². The highest BCUT2D eigenvalue weighted by molar-refractivity contribution is 5.97. The second kappa shape index (κ2) is 11.5. The molecule has 2 aromatic rings. The van der Waals surface area contributed by atoms with Gasteiger partial charge in [0.1, 0.15) is 11.5 Å². The average molecular weight is 473 g/mol. The van der Waals surface area contributed by atoms with Gasteiger partial charge in [0.05, 0.1) is 41.1 Å². The zero-order chi connectivity index (χ0) is 24.7. The zero-order valence-electron chi connectivity index (χ0n) is 20.4. The third-order valence-electron chi connectivity index (χ3n) is 5.91. The van der Waals surface area contributed by atoms with Crippen LogP contribution in [-0.4, -0.2) is 83.3 Å². The Bertz CT molecular complexity index is 991. The van der Waals surface area contributed by atoms with Gasteiger partial charge in [-0.1, -0.05) is 0 Å². The van der Waals surface area contributed by atoms with Crippen LogP contribution < -0.4 is 23.7 Å². The first-order chi connectivity index (χ1) is 16.4. The van der Waals surface area contributed by atoms with Crippen LogP contribution >= 0.6 is 0 Å². The lowest BCUT2D eigenvalue weighted by molar-refractivity contribution is -0.132. The lowest BCUT2D eigenvalue weighted by Gasteiger charge is -2.35. The van der Waals surface area contributed by atoms with Crippen molar-refractivity contribution < 1.29 is 33.3 Å². The third kappa shape index (κ3) is 5.47. The lowest BCUT2D eigenvalue weighted by atomic mass is 10.1. The van der Waals surface area contributed by atoms with Gasteiger partial charge in [-0.05, 0) is 36.2 Å². The van der Waals surface area contributed by atoms with Crippen LogP contribution in [0.2, 0.25) is 0 Å². The van der Waals surface area contributed by atoms with Crippen LogP contribution in [0, 0.1) is 0 Å². The summed E-state index contributed by atoms with van der Waals surface area (Å²) in [4.78, 5) is 29.4. The van der Waals surface area contributed by atoms with Crippen LogP contribution in [-0.2, 0) is 11.2 Å². The maximum atomic E-state index is 13.0. The maximum Gasteiger partial charge on any atom is 0.257 e. The van der Waals surface area contributed by atoms with Gasteiger partial charge in [-0.3, -0.25) is 9.59 Å². The van der Waals surface area contributed by atoms with Gasteiger partial charge in [-0.2, -0.15) is 0 Å². The fourth-order valence-electron chi connectivity index (χ4n) is 3.99. The molecule has 1 heterocycles. The van der Waals surface area contributed by atoms with Crippen molar-refractivity contribution in [3.8, 4) is 28.7 Å². The minimum Gasteiger partial charge on any atom is -0.497 e. The van der Waals surface area contributed by atoms with Crippen molar-refractivity contribution in [3.05, 3.63) is 41.5 Å². The summed E-state index contributed by atoms with van der Waals surface area (Å²) < 4.78 is 26.7. The molecule has 0 aliphatic carbocycles. The van der Waals surface area contributed by atoms with Gasteiger partial charge in [0.25, 0.3) is 5.91 Å². The predicted molar refractivity (Wildman–Crippen MR) is 126 cm³/mol. The van der Waals surface area contributed by atoms with E-state index < -0.39 is 0 Å². The monoisotopic (exact) mass is 472 g/mol. The lowest BCUT2D eigenvalue weighted by Crippen LogP contribution is -2.50. The predicted octanol–water partition coefficient (Wildman–Crippen LogP) is 2.65. The molecule has 2 aromatic carbocycles. The number of benzene rings is 2. The molecule has 1 fully saturated rings. The van der Waals surface area contributed by atoms with Crippen molar-refractivity contribution in [1.82, 2.24) is 9.80 Å². The Morgan fingerprint density at radius 3 is 1.85 bits per heavy atom. The molecule has 1 aliphatic rings. The molecule has 2 amide bonds. The molecule has 0 saturated carbocycles. The van der Waals surface area contributed by atoms with Crippen LogP contribution in [0.3, 0.4) is 0 Å². The largest absolute Gasteiger partial charge is 0.497 e. The summed E-state index contributed by atoms with van der Waals surface area (Å²) in [6, 6.07) is 8.84. The zero-order valence-corrected chi connectivity index (χ0v) is 20.4. The molecule has 0 radical (unpaired) electrons. The molecule has 0 bridgehead atoms. The number of aryl methyl sites for hydroxylation is 1. The molecular weight excluding hydrogens is 440 g/mol. The van der Waals surface area contributed by atoms with Crippen LogP contribution in [0.4, 0.5) is 0 Å². The smallest absolute Gasteiger partial charge is 0.257 e. The molecule has 9 nitrogen and oxygen atoms in total. The highest BCUT2D eigenvalue weighted by atomic mass is 16.5. The molecule has 0 atom stereocenters. The molecule has 9 heteroatoms. The Balaban J connectivity index is 1.58. The highest BCUT2D eigenvalue weighted by Gasteiger charge is 2.26. The number of nitrogens with zero attached hydrogens (tertiary/aromatic N) is 2. The van der Waals surface area contributed by atoms with Crippen LogP contribution in [0.25, 0.3) is 0 Å². The van der Waals surface area contributed by atoms with Gasteiger partial charge < -0.3 is 33.5 Å². The van der Waals surface area contributed by atoms with Gasteiger partial charge >= 0.3 is 0 Å². The molecule has 0 aromatic heterocycles. The van der Waals surface area contributed by atoms with Gasteiger partial charge in [-0.25, -0.2) is 0 Å². The summed E-state index contributed by atoms with van der Waals surface area (Å²) >= 11 is 0. The number of piperazine rings is 1. The van der Waals surface area contributed by atoms with Crippen molar-refractivity contribution in [1.29, 1.82) is 0 Å². The van der Waals surface area contributed by atoms with E-state index in [1.807, 2.05) is 12.1 Å². The van der Waals surface area contributed by atoms with E-state index in [1.165, 1.54) is 7.11 Å². The summed E-state index contributed by atoms with van der Waals surface area (Å²) in [6.07, 6.45) is 0.886. The molecule has 0 N–H and O–H groups in total. The van der Waals surface area contributed by atoms with Crippen molar-refractivity contribution in [3.63, 3.8) is 0 Å². The number of ether oxygens (including phenoxy) is 5. The molecular formula is C25H32N2O7. The van der Waals surface area contributed by atoms with Gasteiger partial charge in [0.2, 0.25) is 11.7 Å². The van der Waals surface area contributed by atoms with E-state index in [0.717, 1.165) is 5.56 Å². The summed E-state index contributed by atoms with van der Waals surface area (Å²) in [5.74, 6) is 2.65. The van der Waals surface area contributed by atoms with E-state index in [0.29, 0.717) is 73.3 Å². The number of carbonyl (C=O) groups excluding carboxylic acids is 2. The Kier molecular flexibility index (Phi) is 8.45. The fourth-order valence-corrected chi connectivity index (χ4v) is 3.99. The maximum absolute atomic E-state index is 13.0. The van der Waals surface area contributed by atoms with Gasteiger partial charge in [0, 0.05) is 38.7 Å². The van der Waals surface area contributed by atoms with Gasteiger partial charge in [0.15, 0.2) is 11.5 Å². The SMILES string of the molecule is COc1ccc(C(=O)N2CCN(C(=O)CCc3cc(OC)c(OC)c(OC)c3)CC2)c(OC)c1. The van der Waals surface area contributed by atoms with Crippen LogP contribution in [0.15, 0.2) is 30.3 Å². The average Bonchev–Trinajstić information content (AvgIpc) is 2.90. The summed E-state index contributed by atoms with van der Waals surface area (Å²) in [7, 11) is 7.77. The fraction of sp³-hybridized carbons (Fsp3) is 0.440. The second-order valence-corrected chi connectivity index (χ2v) is 7.77.